The van der Waals surface area contributed by atoms with Crippen molar-refractivity contribution in [2.24, 2.45) is 0 Å². The molecule has 0 saturated carbocycles. The minimum absolute atomic E-state index is 0.176. The number of carbonyl (C=O) groups is 1. The first-order valence-electron chi connectivity index (χ1n) is 7.45. The van der Waals surface area contributed by atoms with Gasteiger partial charge in [-0.25, -0.2) is 9.18 Å². The van der Waals surface area contributed by atoms with Gasteiger partial charge in [-0.05, 0) is 55.7 Å². The SMILES string of the molecule is CSCC(C)(O)CNC(=O)NC1CCCc2ccc(F)cc21. The van der Waals surface area contributed by atoms with Gasteiger partial charge >= 0.3 is 6.03 Å². The van der Waals surface area contributed by atoms with Crippen molar-refractivity contribution in [2.45, 2.75) is 37.8 Å². The van der Waals surface area contributed by atoms with Gasteiger partial charge in [0.25, 0.3) is 0 Å². The number of benzene rings is 1. The Balaban J connectivity index is 1.95. The van der Waals surface area contributed by atoms with Gasteiger partial charge in [0.15, 0.2) is 0 Å². The minimum atomic E-state index is -0.937. The van der Waals surface area contributed by atoms with E-state index in [-0.39, 0.29) is 24.4 Å². The van der Waals surface area contributed by atoms with Crippen LogP contribution in [-0.2, 0) is 6.42 Å². The van der Waals surface area contributed by atoms with Crippen LogP contribution in [0.3, 0.4) is 0 Å². The Hall–Kier alpha value is -1.27. The van der Waals surface area contributed by atoms with Crippen LogP contribution in [-0.4, -0.2) is 35.3 Å². The van der Waals surface area contributed by atoms with Gasteiger partial charge in [-0.15, -0.1) is 0 Å². The number of aryl methyl sites for hydroxylation is 1. The summed E-state index contributed by atoms with van der Waals surface area (Å²) in [5.41, 5.74) is 1.01. The topological polar surface area (TPSA) is 61.4 Å². The van der Waals surface area contributed by atoms with E-state index in [0.717, 1.165) is 30.4 Å². The zero-order chi connectivity index (χ0) is 16.2. The molecule has 1 aliphatic carbocycles. The van der Waals surface area contributed by atoms with E-state index in [0.29, 0.717) is 5.75 Å². The van der Waals surface area contributed by atoms with Gasteiger partial charge in [-0.3, -0.25) is 0 Å². The van der Waals surface area contributed by atoms with Gasteiger partial charge in [0.1, 0.15) is 5.82 Å². The number of hydrogen-bond donors (Lipinski definition) is 3. The van der Waals surface area contributed by atoms with Crippen LogP contribution in [0.2, 0.25) is 0 Å². The first-order valence-corrected chi connectivity index (χ1v) is 8.85. The number of carbonyl (C=O) groups excluding carboxylic acids is 1. The lowest BCUT2D eigenvalue weighted by Crippen LogP contribution is -2.47. The van der Waals surface area contributed by atoms with Gasteiger partial charge < -0.3 is 15.7 Å². The van der Waals surface area contributed by atoms with Crippen molar-refractivity contribution in [1.29, 1.82) is 0 Å². The first-order chi connectivity index (χ1) is 10.4. The van der Waals surface area contributed by atoms with Crippen molar-refractivity contribution >= 4 is 17.8 Å². The first kappa shape index (κ1) is 17.1. The molecule has 0 aliphatic heterocycles. The summed E-state index contributed by atoms with van der Waals surface area (Å²) in [5, 5.41) is 15.6. The van der Waals surface area contributed by atoms with Crippen LogP contribution < -0.4 is 10.6 Å². The molecule has 0 heterocycles. The average molecular weight is 326 g/mol. The Kier molecular flexibility index (Phi) is 5.69. The number of urea groups is 1. The molecule has 2 atom stereocenters. The van der Waals surface area contributed by atoms with Crippen LogP contribution in [0.5, 0.6) is 0 Å². The molecule has 0 spiro atoms. The predicted octanol–water partition coefficient (Wildman–Crippen LogP) is 2.62. The Labute approximate surface area is 134 Å². The van der Waals surface area contributed by atoms with Gasteiger partial charge in [0.05, 0.1) is 11.6 Å². The second-order valence-corrected chi connectivity index (χ2v) is 6.91. The van der Waals surface area contributed by atoms with Crippen molar-refractivity contribution in [3.63, 3.8) is 0 Å². The number of rotatable bonds is 5. The van der Waals surface area contributed by atoms with Gasteiger partial charge in [-0.1, -0.05) is 6.07 Å². The second-order valence-electron chi connectivity index (χ2n) is 6.04. The largest absolute Gasteiger partial charge is 0.387 e. The zero-order valence-electron chi connectivity index (χ0n) is 13.0. The number of nitrogens with one attached hydrogen (secondary N) is 2. The molecule has 2 amide bonds. The highest BCUT2D eigenvalue weighted by Crippen LogP contribution is 2.30. The van der Waals surface area contributed by atoms with Crippen LogP contribution in [0.25, 0.3) is 0 Å². The Morgan fingerprint density at radius 3 is 3.05 bits per heavy atom. The lowest BCUT2D eigenvalue weighted by Gasteiger charge is -2.28. The Bertz CT molecular complexity index is 537. The van der Waals surface area contributed by atoms with Gasteiger partial charge in [0.2, 0.25) is 0 Å². The van der Waals surface area contributed by atoms with Crippen LogP contribution in [0.4, 0.5) is 9.18 Å². The molecule has 0 bridgehead atoms. The number of hydrogen-bond acceptors (Lipinski definition) is 3. The summed E-state index contributed by atoms with van der Waals surface area (Å²) in [6.07, 6.45) is 4.58. The van der Waals surface area contributed by atoms with Crippen LogP contribution in [0.15, 0.2) is 18.2 Å². The maximum Gasteiger partial charge on any atom is 0.315 e. The van der Waals surface area contributed by atoms with Crippen LogP contribution in [0, 0.1) is 5.82 Å². The molecule has 3 N–H and O–H groups in total. The predicted molar refractivity (Wildman–Crippen MR) is 87.6 cm³/mol. The molecule has 0 fully saturated rings. The molecule has 0 aromatic heterocycles. The smallest absolute Gasteiger partial charge is 0.315 e. The number of thioether (sulfide) groups is 1. The van der Waals surface area contributed by atoms with E-state index in [1.54, 1.807) is 13.0 Å². The second kappa shape index (κ2) is 7.33. The molecule has 2 rings (SSSR count). The van der Waals surface area contributed by atoms with Crippen molar-refractivity contribution in [3.05, 3.63) is 35.1 Å². The highest BCUT2D eigenvalue weighted by molar-refractivity contribution is 7.98. The summed E-state index contributed by atoms with van der Waals surface area (Å²) in [7, 11) is 0. The van der Waals surface area contributed by atoms with E-state index < -0.39 is 5.60 Å². The number of aliphatic hydroxyl groups is 1. The number of amides is 2. The average Bonchev–Trinajstić information content (AvgIpc) is 2.46. The molecule has 1 aliphatic rings. The lowest BCUT2D eigenvalue weighted by molar-refractivity contribution is 0.0867. The standard InChI is InChI=1S/C16H23FN2O2S/c1-16(21,10-22-2)9-18-15(20)19-14-5-3-4-11-6-7-12(17)8-13(11)14/h6-8,14,21H,3-5,9-10H2,1-2H3,(H2,18,19,20). The van der Waals surface area contributed by atoms with Crippen molar-refractivity contribution < 1.29 is 14.3 Å². The number of halogens is 1. The monoisotopic (exact) mass is 326 g/mol. The van der Waals surface area contributed by atoms with Crippen LogP contribution in [0.1, 0.15) is 36.9 Å². The molecular formula is C16H23FN2O2S. The summed E-state index contributed by atoms with van der Waals surface area (Å²) in [5.74, 6) is 0.265. The summed E-state index contributed by atoms with van der Waals surface area (Å²) >= 11 is 1.52. The van der Waals surface area contributed by atoms with E-state index in [1.165, 1.54) is 23.9 Å². The van der Waals surface area contributed by atoms with E-state index >= 15 is 0 Å². The Morgan fingerprint density at radius 1 is 1.55 bits per heavy atom. The maximum atomic E-state index is 13.4. The molecule has 2 unspecified atom stereocenters. The minimum Gasteiger partial charge on any atom is -0.387 e. The molecule has 22 heavy (non-hydrogen) atoms. The molecule has 1 aromatic carbocycles. The molecule has 0 radical (unpaired) electrons. The van der Waals surface area contributed by atoms with E-state index in [4.69, 9.17) is 0 Å². The van der Waals surface area contributed by atoms with Gasteiger partial charge in [0, 0.05) is 12.3 Å². The summed E-state index contributed by atoms with van der Waals surface area (Å²) in [6.45, 7) is 1.87. The van der Waals surface area contributed by atoms with E-state index in [1.807, 2.05) is 6.26 Å². The zero-order valence-corrected chi connectivity index (χ0v) is 13.8. The van der Waals surface area contributed by atoms with E-state index in [2.05, 4.69) is 10.6 Å². The molecule has 1 aromatic rings. The fourth-order valence-electron chi connectivity index (χ4n) is 2.76. The fourth-order valence-corrected chi connectivity index (χ4v) is 3.49. The Morgan fingerprint density at radius 2 is 2.32 bits per heavy atom. The van der Waals surface area contributed by atoms with Crippen molar-refractivity contribution in [1.82, 2.24) is 10.6 Å². The third-order valence-corrected chi connectivity index (χ3v) is 4.72. The molecule has 6 heteroatoms. The lowest BCUT2D eigenvalue weighted by atomic mass is 9.87. The molecule has 122 valence electrons. The number of fused-ring (bicyclic) bond motifs is 1. The highest BCUT2D eigenvalue weighted by Gasteiger charge is 2.24. The summed E-state index contributed by atoms with van der Waals surface area (Å²) in [6, 6.07) is 4.25. The van der Waals surface area contributed by atoms with E-state index in [9.17, 15) is 14.3 Å². The maximum absolute atomic E-state index is 13.4. The third kappa shape index (κ3) is 4.61. The third-order valence-electron chi connectivity index (χ3n) is 3.81. The fraction of sp³-hybridized carbons (Fsp3) is 0.562. The van der Waals surface area contributed by atoms with Crippen molar-refractivity contribution in [2.75, 3.05) is 18.6 Å². The molecule has 4 nitrogen and oxygen atoms in total. The van der Waals surface area contributed by atoms with Crippen molar-refractivity contribution in [3.8, 4) is 0 Å². The molecule has 0 saturated heterocycles. The highest BCUT2D eigenvalue weighted by atomic mass is 32.2. The summed E-state index contributed by atoms with van der Waals surface area (Å²) < 4.78 is 13.4. The summed E-state index contributed by atoms with van der Waals surface area (Å²) in [4.78, 5) is 12.0. The molecular weight excluding hydrogens is 303 g/mol. The normalized spacial score (nSPS) is 19.9. The van der Waals surface area contributed by atoms with Gasteiger partial charge in [-0.2, -0.15) is 11.8 Å². The van der Waals surface area contributed by atoms with Crippen LogP contribution >= 0.6 is 11.8 Å². The quantitative estimate of drug-likeness (QED) is 0.779.